The molecular formula is C11H12N4OS. The van der Waals surface area contributed by atoms with Crippen LogP contribution in [0.25, 0.3) is 0 Å². The van der Waals surface area contributed by atoms with Crippen molar-refractivity contribution in [3.8, 4) is 0 Å². The Morgan fingerprint density at radius 2 is 2.24 bits per heavy atom. The molecule has 0 spiro atoms. The highest BCUT2D eigenvalue weighted by atomic mass is 32.1. The Morgan fingerprint density at radius 1 is 1.41 bits per heavy atom. The Labute approximate surface area is 103 Å². The third-order valence-electron chi connectivity index (χ3n) is 2.12. The first kappa shape index (κ1) is 11.5. The average Bonchev–Trinajstić information content (AvgIpc) is 2.75. The number of thiazole rings is 1. The predicted molar refractivity (Wildman–Crippen MR) is 68.6 cm³/mol. The first-order valence-corrected chi connectivity index (χ1v) is 5.94. The number of carbonyl (C=O) groups excluding carboxylic acids is 1. The maximum atomic E-state index is 11.8. The molecule has 0 aliphatic heterocycles. The van der Waals surface area contributed by atoms with Crippen LogP contribution in [0.3, 0.4) is 0 Å². The van der Waals surface area contributed by atoms with E-state index >= 15 is 0 Å². The average molecular weight is 248 g/mol. The van der Waals surface area contributed by atoms with Crippen molar-refractivity contribution in [3.63, 3.8) is 0 Å². The number of nitrogens with one attached hydrogen (secondary N) is 2. The van der Waals surface area contributed by atoms with Gasteiger partial charge in [0.15, 0.2) is 5.13 Å². The van der Waals surface area contributed by atoms with Crippen LogP contribution in [0.5, 0.6) is 0 Å². The zero-order valence-corrected chi connectivity index (χ0v) is 10.3. The third kappa shape index (κ3) is 2.79. The van der Waals surface area contributed by atoms with E-state index in [0.29, 0.717) is 10.7 Å². The van der Waals surface area contributed by atoms with Gasteiger partial charge in [0.1, 0.15) is 5.82 Å². The zero-order valence-electron chi connectivity index (χ0n) is 9.52. The summed E-state index contributed by atoms with van der Waals surface area (Å²) in [6.07, 6.45) is 1.53. The maximum Gasteiger partial charge on any atom is 0.259 e. The molecule has 5 nitrogen and oxygen atoms in total. The van der Waals surface area contributed by atoms with Crippen molar-refractivity contribution in [3.05, 3.63) is 35.0 Å². The van der Waals surface area contributed by atoms with Gasteiger partial charge in [0, 0.05) is 18.6 Å². The van der Waals surface area contributed by atoms with Crippen molar-refractivity contribution < 1.29 is 4.79 Å². The van der Waals surface area contributed by atoms with E-state index in [1.54, 1.807) is 19.2 Å². The largest absolute Gasteiger partial charge is 0.373 e. The van der Waals surface area contributed by atoms with Gasteiger partial charge in [-0.1, -0.05) is 0 Å². The monoisotopic (exact) mass is 248 g/mol. The second-order valence-electron chi connectivity index (χ2n) is 3.43. The standard InChI is InChI=1S/C11H12N4OS/c1-7-6-17-11(14-7)15-10(16)8-3-4-9(12-2)13-5-8/h3-6H,1-2H3,(H,12,13)(H,14,15,16). The van der Waals surface area contributed by atoms with Crippen LogP contribution in [0, 0.1) is 6.92 Å². The first-order valence-electron chi connectivity index (χ1n) is 5.06. The Morgan fingerprint density at radius 3 is 2.76 bits per heavy atom. The summed E-state index contributed by atoms with van der Waals surface area (Å²) in [5.74, 6) is 0.529. The SMILES string of the molecule is CNc1ccc(C(=O)Nc2nc(C)cs2)cn1. The fraction of sp³-hybridized carbons (Fsp3) is 0.182. The summed E-state index contributed by atoms with van der Waals surface area (Å²) in [4.78, 5) is 20.1. The van der Waals surface area contributed by atoms with Gasteiger partial charge in [0.25, 0.3) is 5.91 Å². The molecule has 0 saturated heterocycles. The Balaban J connectivity index is 2.09. The highest BCUT2D eigenvalue weighted by Gasteiger charge is 2.08. The smallest absolute Gasteiger partial charge is 0.259 e. The molecule has 2 N–H and O–H groups in total. The van der Waals surface area contributed by atoms with Crippen LogP contribution in [0.1, 0.15) is 16.1 Å². The third-order valence-corrected chi connectivity index (χ3v) is 3.00. The van der Waals surface area contributed by atoms with E-state index in [1.165, 1.54) is 17.5 Å². The van der Waals surface area contributed by atoms with Gasteiger partial charge in [-0.2, -0.15) is 0 Å². The fourth-order valence-electron chi connectivity index (χ4n) is 1.26. The summed E-state index contributed by atoms with van der Waals surface area (Å²) in [5, 5.41) is 8.11. The van der Waals surface area contributed by atoms with Crippen molar-refractivity contribution in [1.82, 2.24) is 9.97 Å². The molecule has 0 unspecified atom stereocenters. The maximum absolute atomic E-state index is 11.8. The summed E-state index contributed by atoms with van der Waals surface area (Å²) in [6.45, 7) is 1.88. The van der Waals surface area contributed by atoms with Crippen molar-refractivity contribution in [1.29, 1.82) is 0 Å². The molecule has 0 saturated carbocycles. The van der Waals surface area contributed by atoms with Crippen LogP contribution in [0.2, 0.25) is 0 Å². The first-order chi connectivity index (χ1) is 8.19. The summed E-state index contributed by atoms with van der Waals surface area (Å²) in [7, 11) is 1.78. The van der Waals surface area contributed by atoms with Crippen LogP contribution in [0.15, 0.2) is 23.7 Å². The van der Waals surface area contributed by atoms with E-state index in [4.69, 9.17) is 0 Å². The molecule has 0 atom stereocenters. The molecule has 6 heteroatoms. The van der Waals surface area contributed by atoms with Crippen molar-refractivity contribution in [2.75, 3.05) is 17.7 Å². The highest BCUT2D eigenvalue weighted by molar-refractivity contribution is 7.13. The number of pyridine rings is 1. The minimum Gasteiger partial charge on any atom is -0.373 e. The lowest BCUT2D eigenvalue weighted by atomic mass is 10.2. The number of nitrogens with zero attached hydrogens (tertiary/aromatic N) is 2. The van der Waals surface area contributed by atoms with Gasteiger partial charge in [0.2, 0.25) is 0 Å². The van der Waals surface area contributed by atoms with Crippen molar-refractivity contribution in [2.24, 2.45) is 0 Å². The second-order valence-corrected chi connectivity index (χ2v) is 4.29. The topological polar surface area (TPSA) is 66.9 Å². The van der Waals surface area contributed by atoms with Gasteiger partial charge in [-0.25, -0.2) is 9.97 Å². The lowest BCUT2D eigenvalue weighted by molar-refractivity contribution is 0.102. The van der Waals surface area contributed by atoms with Gasteiger partial charge < -0.3 is 5.32 Å². The van der Waals surface area contributed by atoms with E-state index < -0.39 is 0 Å². The minimum atomic E-state index is -0.200. The van der Waals surface area contributed by atoms with Gasteiger partial charge in [-0.3, -0.25) is 10.1 Å². The molecule has 2 heterocycles. The molecule has 1 amide bonds. The number of aromatic nitrogens is 2. The summed E-state index contributed by atoms with van der Waals surface area (Å²) >= 11 is 1.40. The van der Waals surface area contributed by atoms with Crippen LogP contribution >= 0.6 is 11.3 Å². The molecule has 2 aromatic rings. The van der Waals surface area contributed by atoms with E-state index in [-0.39, 0.29) is 5.91 Å². The van der Waals surface area contributed by atoms with Crippen LogP contribution < -0.4 is 10.6 Å². The molecule has 2 rings (SSSR count). The van der Waals surface area contributed by atoms with Crippen LogP contribution in [-0.2, 0) is 0 Å². The van der Waals surface area contributed by atoms with Gasteiger partial charge in [0.05, 0.1) is 11.3 Å². The summed E-state index contributed by atoms with van der Waals surface area (Å²) < 4.78 is 0. The summed E-state index contributed by atoms with van der Waals surface area (Å²) in [5.41, 5.74) is 1.41. The molecule has 0 aromatic carbocycles. The fourth-order valence-corrected chi connectivity index (χ4v) is 1.94. The normalized spacial score (nSPS) is 10.0. The highest BCUT2D eigenvalue weighted by Crippen LogP contribution is 2.15. The number of carbonyl (C=O) groups is 1. The van der Waals surface area contributed by atoms with Gasteiger partial charge in [-0.15, -0.1) is 11.3 Å². The molecule has 17 heavy (non-hydrogen) atoms. The van der Waals surface area contributed by atoms with Crippen LogP contribution in [0.4, 0.5) is 10.9 Å². The number of amides is 1. The molecule has 0 aliphatic carbocycles. The number of anilines is 2. The molecular weight excluding hydrogens is 236 g/mol. The quantitative estimate of drug-likeness (QED) is 0.873. The molecule has 0 fully saturated rings. The Hall–Kier alpha value is -1.95. The van der Waals surface area contributed by atoms with E-state index in [1.807, 2.05) is 12.3 Å². The molecule has 0 bridgehead atoms. The Kier molecular flexibility index (Phi) is 3.34. The lowest BCUT2D eigenvalue weighted by Crippen LogP contribution is -2.12. The number of hydrogen-bond acceptors (Lipinski definition) is 5. The minimum absolute atomic E-state index is 0.200. The zero-order chi connectivity index (χ0) is 12.3. The Bertz CT molecular complexity index is 521. The van der Waals surface area contributed by atoms with E-state index in [2.05, 4.69) is 20.6 Å². The lowest BCUT2D eigenvalue weighted by Gasteiger charge is -2.02. The molecule has 88 valence electrons. The second kappa shape index (κ2) is 4.92. The van der Waals surface area contributed by atoms with E-state index in [0.717, 1.165) is 11.5 Å². The molecule has 0 radical (unpaired) electrons. The van der Waals surface area contributed by atoms with E-state index in [9.17, 15) is 4.79 Å². The van der Waals surface area contributed by atoms with Crippen molar-refractivity contribution >= 4 is 28.2 Å². The van der Waals surface area contributed by atoms with Gasteiger partial charge >= 0.3 is 0 Å². The number of hydrogen-bond donors (Lipinski definition) is 2. The predicted octanol–water partition coefficient (Wildman–Crippen LogP) is 2.14. The number of rotatable bonds is 3. The van der Waals surface area contributed by atoms with Gasteiger partial charge in [-0.05, 0) is 19.1 Å². The van der Waals surface area contributed by atoms with Crippen molar-refractivity contribution in [2.45, 2.75) is 6.92 Å². The molecule has 0 aliphatic rings. The molecule has 2 aromatic heterocycles. The summed E-state index contributed by atoms with van der Waals surface area (Å²) in [6, 6.07) is 3.47. The van der Waals surface area contributed by atoms with Crippen LogP contribution in [-0.4, -0.2) is 22.9 Å². The number of aryl methyl sites for hydroxylation is 1.